The molecule has 0 spiro atoms. The van der Waals surface area contributed by atoms with Gasteiger partial charge in [0.15, 0.2) is 11.5 Å². The number of imidazole rings is 2. The molecule has 0 radical (unpaired) electrons. The molecule has 0 bridgehead atoms. The number of ether oxygens (including phenoxy) is 2. The summed E-state index contributed by atoms with van der Waals surface area (Å²) in [5.41, 5.74) is 1.94. The van der Waals surface area contributed by atoms with E-state index in [0.717, 1.165) is 70.1 Å². The Bertz CT molecular complexity index is 1030. The second-order valence-electron chi connectivity index (χ2n) is 8.04. The first-order chi connectivity index (χ1) is 15.3. The number of hydrogen-bond acceptors (Lipinski definition) is 6. The molecular weight excluding hydrogens is 396 g/mol. The molecule has 0 aromatic carbocycles. The van der Waals surface area contributed by atoms with E-state index < -0.39 is 0 Å². The van der Waals surface area contributed by atoms with Crippen molar-refractivity contribution in [2.45, 2.75) is 25.5 Å². The predicted molar refractivity (Wildman–Crippen MR) is 115 cm³/mol. The van der Waals surface area contributed by atoms with Gasteiger partial charge in [0.2, 0.25) is 0 Å². The van der Waals surface area contributed by atoms with Crippen LogP contribution in [0.1, 0.15) is 23.3 Å². The van der Waals surface area contributed by atoms with Gasteiger partial charge < -0.3 is 19.4 Å². The van der Waals surface area contributed by atoms with Crippen LogP contribution in [0.2, 0.25) is 0 Å². The zero-order valence-electron chi connectivity index (χ0n) is 17.6. The van der Waals surface area contributed by atoms with Crippen molar-refractivity contribution in [2.75, 3.05) is 46.0 Å². The lowest BCUT2D eigenvalue weighted by atomic mass is 10.2. The molecule has 0 aliphatic carbocycles. The maximum Gasteiger partial charge on any atom is 0.272 e. The summed E-state index contributed by atoms with van der Waals surface area (Å²) in [6.45, 7) is 6.32. The van der Waals surface area contributed by atoms with Crippen molar-refractivity contribution in [3.05, 3.63) is 42.6 Å². The molecule has 0 unspecified atom stereocenters. The Balaban J connectivity index is 1.32. The minimum Gasteiger partial charge on any atom is -0.379 e. The van der Waals surface area contributed by atoms with Crippen molar-refractivity contribution in [3.63, 3.8) is 0 Å². The van der Waals surface area contributed by atoms with Gasteiger partial charge in [0, 0.05) is 51.7 Å². The highest BCUT2D eigenvalue weighted by Gasteiger charge is 2.21. The summed E-state index contributed by atoms with van der Waals surface area (Å²) in [5, 5.41) is 3.02. The topological polar surface area (TPSA) is 85.9 Å². The van der Waals surface area contributed by atoms with E-state index in [1.807, 2.05) is 45.9 Å². The first-order valence-corrected chi connectivity index (χ1v) is 11.0. The lowest BCUT2D eigenvalue weighted by Gasteiger charge is -2.26. The highest BCUT2D eigenvalue weighted by molar-refractivity contribution is 5.99. The summed E-state index contributed by atoms with van der Waals surface area (Å²) >= 11 is 0. The Kier molecular flexibility index (Phi) is 5.97. The molecule has 1 N–H and O–H groups in total. The first-order valence-electron chi connectivity index (χ1n) is 11.0. The smallest absolute Gasteiger partial charge is 0.272 e. The number of morpholine rings is 1. The molecule has 3 aromatic rings. The fraction of sp³-hybridized carbons (Fsp3) is 0.500. The van der Waals surface area contributed by atoms with Gasteiger partial charge in [0.25, 0.3) is 5.91 Å². The maximum absolute atomic E-state index is 12.9. The fourth-order valence-electron chi connectivity index (χ4n) is 4.22. The number of rotatable bonds is 7. The van der Waals surface area contributed by atoms with Crippen LogP contribution >= 0.6 is 0 Å². The number of hydrogen-bond donors (Lipinski definition) is 1. The van der Waals surface area contributed by atoms with Gasteiger partial charge >= 0.3 is 0 Å². The highest BCUT2D eigenvalue weighted by Crippen LogP contribution is 2.22. The molecular formula is C22H28N6O3. The van der Waals surface area contributed by atoms with Crippen LogP contribution in [0, 0.1) is 0 Å². The molecule has 1 atom stereocenters. The molecule has 0 saturated carbocycles. The van der Waals surface area contributed by atoms with Crippen LogP contribution in [0.5, 0.6) is 0 Å². The number of pyridine rings is 1. The molecule has 2 saturated heterocycles. The Morgan fingerprint density at radius 1 is 1.23 bits per heavy atom. The monoisotopic (exact) mass is 424 g/mol. The molecule has 31 heavy (non-hydrogen) atoms. The summed E-state index contributed by atoms with van der Waals surface area (Å²) < 4.78 is 15.1. The molecule has 2 aliphatic heterocycles. The SMILES string of the molecule is O=C(NCCN1CCOCC1)c1nc(-c2cn(C[C@H]3CCCO3)cn2)n2ccccc12. The normalized spacial score (nSPS) is 19.8. The largest absolute Gasteiger partial charge is 0.379 e. The number of fused-ring (bicyclic) bond motifs is 1. The average molecular weight is 425 g/mol. The highest BCUT2D eigenvalue weighted by atomic mass is 16.5. The molecule has 5 rings (SSSR count). The fourth-order valence-corrected chi connectivity index (χ4v) is 4.22. The molecule has 9 nitrogen and oxygen atoms in total. The van der Waals surface area contributed by atoms with Gasteiger partial charge in [-0.25, -0.2) is 9.97 Å². The van der Waals surface area contributed by atoms with Crippen LogP contribution in [0.3, 0.4) is 0 Å². The van der Waals surface area contributed by atoms with Crippen LogP contribution in [0.15, 0.2) is 36.9 Å². The summed E-state index contributed by atoms with van der Waals surface area (Å²) in [7, 11) is 0. The third kappa shape index (κ3) is 4.48. The predicted octanol–water partition coefficient (Wildman–Crippen LogP) is 1.44. The van der Waals surface area contributed by atoms with Crippen molar-refractivity contribution in [2.24, 2.45) is 0 Å². The lowest BCUT2D eigenvalue weighted by molar-refractivity contribution is 0.0383. The van der Waals surface area contributed by atoms with Gasteiger partial charge in [-0.15, -0.1) is 0 Å². The average Bonchev–Trinajstić information content (AvgIpc) is 3.55. The Hall–Kier alpha value is -2.75. The van der Waals surface area contributed by atoms with Crippen molar-refractivity contribution >= 4 is 11.4 Å². The van der Waals surface area contributed by atoms with Gasteiger partial charge in [-0.1, -0.05) is 6.07 Å². The Labute approximate surface area is 181 Å². The van der Waals surface area contributed by atoms with Crippen LogP contribution in [-0.4, -0.2) is 81.8 Å². The number of amides is 1. The standard InChI is InChI=1S/C22H28N6O3/c29-22(23-6-8-26-9-12-30-13-10-26)20-19-5-1-2-7-28(19)21(25-20)18-15-27(16-24-18)14-17-4-3-11-31-17/h1-2,5,7,15-17H,3-4,6,8-14H2,(H,23,29)/t17-/m1/s1. The van der Waals surface area contributed by atoms with Gasteiger partial charge in [-0.2, -0.15) is 0 Å². The summed E-state index contributed by atoms with van der Waals surface area (Å²) in [6.07, 6.45) is 8.14. The van der Waals surface area contributed by atoms with Gasteiger partial charge in [-0.3, -0.25) is 14.1 Å². The third-order valence-electron chi connectivity index (χ3n) is 5.88. The molecule has 3 aromatic heterocycles. The maximum atomic E-state index is 12.9. The van der Waals surface area contributed by atoms with Crippen molar-refractivity contribution < 1.29 is 14.3 Å². The Morgan fingerprint density at radius 2 is 2.13 bits per heavy atom. The minimum atomic E-state index is -0.165. The Morgan fingerprint density at radius 3 is 2.97 bits per heavy atom. The third-order valence-corrected chi connectivity index (χ3v) is 5.88. The van der Waals surface area contributed by atoms with E-state index in [9.17, 15) is 4.79 Å². The van der Waals surface area contributed by atoms with E-state index >= 15 is 0 Å². The molecule has 5 heterocycles. The number of nitrogens with zero attached hydrogens (tertiary/aromatic N) is 5. The second kappa shape index (κ2) is 9.17. The van der Waals surface area contributed by atoms with E-state index in [4.69, 9.17) is 9.47 Å². The number of nitrogens with one attached hydrogen (secondary N) is 1. The van der Waals surface area contributed by atoms with Crippen LogP contribution in [0.25, 0.3) is 17.0 Å². The number of carbonyl (C=O) groups is 1. The number of carbonyl (C=O) groups excluding carboxylic acids is 1. The van der Waals surface area contributed by atoms with Crippen molar-refractivity contribution in [1.29, 1.82) is 0 Å². The zero-order valence-corrected chi connectivity index (χ0v) is 17.6. The van der Waals surface area contributed by atoms with E-state index in [1.165, 1.54) is 0 Å². The summed E-state index contributed by atoms with van der Waals surface area (Å²) in [4.78, 5) is 24.4. The van der Waals surface area contributed by atoms with E-state index in [0.29, 0.717) is 18.1 Å². The van der Waals surface area contributed by atoms with Crippen molar-refractivity contribution in [3.8, 4) is 11.5 Å². The van der Waals surface area contributed by atoms with Gasteiger partial charge in [-0.05, 0) is 25.0 Å². The zero-order chi connectivity index (χ0) is 21.0. The molecule has 164 valence electrons. The lowest BCUT2D eigenvalue weighted by Crippen LogP contribution is -2.41. The summed E-state index contributed by atoms with van der Waals surface area (Å²) in [6, 6.07) is 5.76. The molecule has 2 aliphatic rings. The van der Waals surface area contributed by atoms with Crippen LogP contribution in [0.4, 0.5) is 0 Å². The molecule has 1 amide bonds. The van der Waals surface area contributed by atoms with E-state index in [2.05, 4.69) is 20.2 Å². The van der Waals surface area contributed by atoms with E-state index in [-0.39, 0.29) is 12.0 Å². The van der Waals surface area contributed by atoms with Gasteiger partial charge in [0.1, 0.15) is 5.69 Å². The quantitative estimate of drug-likeness (QED) is 0.618. The van der Waals surface area contributed by atoms with Crippen LogP contribution in [-0.2, 0) is 16.0 Å². The molecule has 2 fully saturated rings. The second-order valence-corrected chi connectivity index (χ2v) is 8.04. The van der Waals surface area contributed by atoms with E-state index in [1.54, 1.807) is 0 Å². The van der Waals surface area contributed by atoms with Gasteiger partial charge in [0.05, 0.1) is 31.2 Å². The minimum absolute atomic E-state index is 0.165. The molecule has 9 heteroatoms. The number of aromatic nitrogens is 4. The summed E-state index contributed by atoms with van der Waals surface area (Å²) in [5.74, 6) is 0.502. The van der Waals surface area contributed by atoms with Crippen LogP contribution < -0.4 is 5.32 Å². The first kappa shape index (κ1) is 20.2. The van der Waals surface area contributed by atoms with Crippen molar-refractivity contribution in [1.82, 2.24) is 29.2 Å².